The maximum atomic E-state index is 13.7. The van der Waals surface area contributed by atoms with Crippen LogP contribution in [0, 0.1) is 0 Å². The molecule has 0 spiro atoms. The number of rotatable bonds is 10. The molecule has 0 heterocycles. The molecule has 0 fully saturated rings. The molecule has 0 bridgehead atoms. The molecule has 0 unspecified atom stereocenters. The second-order valence-electron chi connectivity index (χ2n) is 7.13. The number of aryl methyl sites for hydroxylation is 1. The second kappa shape index (κ2) is 10.7. The first-order chi connectivity index (χ1) is 15.1. The van der Waals surface area contributed by atoms with E-state index in [2.05, 4.69) is 13.2 Å². The van der Waals surface area contributed by atoms with E-state index in [9.17, 15) is 14.2 Å². The van der Waals surface area contributed by atoms with Gasteiger partial charge in [-0.1, -0.05) is 32.2 Å². The first-order valence-corrected chi connectivity index (χ1v) is 11.9. The van der Waals surface area contributed by atoms with Crippen LogP contribution in [-0.4, -0.2) is 25.2 Å². The lowest BCUT2D eigenvalue weighted by Crippen LogP contribution is -2.20. The van der Waals surface area contributed by atoms with E-state index in [0.717, 1.165) is 12.0 Å². The molecule has 0 amide bonds. The Morgan fingerprint density at radius 3 is 1.94 bits per heavy atom. The molecule has 2 rings (SSSR count). The van der Waals surface area contributed by atoms with Crippen LogP contribution >= 0.6 is 7.60 Å². The monoisotopic (exact) mass is 460 g/mol. The van der Waals surface area contributed by atoms with Crippen LogP contribution in [-0.2, 0) is 29.6 Å². The largest absolute Gasteiger partial charge is 0.422 e. The minimum absolute atomic E-state index is 0.0102. The van der Waals surface area contributed by atoms with Gasteiger partial charge in [0.15, 0.2) is 5.75 Å². The molecular formula is C24H29O7P. The Kier molecular flexibility index (Phi) is 8.56. The second-order valence-corrected chi connectivity index (χ2v) is 9.12. The molecule has 32 heavy (non-hydrogen) atoms. The van der Waals surface area contributed by atoms with E-state index in [1.807, 2.05) is 19.1 Å². The first-order valence-electron chi connectivity index (χ1n) is 10.3. The maximum Gasteiger partial charge on any atom is 0.365 e. The molecule has 2 aromatic carbocycles. The van der Waals surface area contributed by atoms with Crippen molar-refractivity contribution < 1.29 is 32.7 Å². The number of hydrogen-bond acceptors (Lipinski definition) is 7. The topological polar surface area (TPSA) is 88.1 Å². The van der Waals surface area contributed by atoms with E-state index in [0.29, 0.717) is 10.8 Å². The van der Waals surface area contributed by atoms with Crippen LogP contribution in [0.1, 0.15) is 40.2 Å². The molecule has 0 aliphatic rings. The van der Waals surface area contributed by atoms with Gasteiger partial charge in [0.2, 0.25) is 0 Å². The number of esters is 2. The van der Waals surface area contributed by atoms with Gasteiger partial charge in [-0.05, 0) is 45.7 Å². The quantitative estimate of drug-likeness (QED) is 0.207. The fourth-order valence-corrected chi connectivity index (χ4v) is 4.62. The SMILES string of the molecule is C=C(C)C(=O)Oc1cc(P(=O)(OCC)OCC)c(OC(=O)C(=C)C)c2ccc(CC)cc12. The zero-order valence-electron chi connectivity index (χ0n) is 19.1. The fraction of sp³-hybridized carbons (Fsp3) is 0.333. The summed E-state index contributed by atoms with van der Waals surface area (Å²) in [6.07, 6.45) is 0.725. The molecule has 0 saturated carbocycles. The van der Waals surface area contributed by atoms with Crippen molar-refractivity contribution in [1.29, 1.82) is 0 Å². The standard InChI is InChI=1S/C24H29O7P/c1-8-17-11-12-18-19(13-17)20(30-23(25)15(4)5)14-21(22(18)31-24(26)16(6)7)32(27,28-9-2)29-10-3/h11-14H,4,6,8-10H2,1-3,5,7H3. The van der Waals surface area contributed by atoms with Crippen LogP contribution in [0.25, 0.3) is 10.8 Å². The molecule has 0 saturated heterocycles. The van der Waals surface area contributed by atoms with Crippen LogP contribution in [0.3, 0.4) is 0 Å². The van der Waals surface area contributed by atoms with Gasteiger partial charge >= 0.3 is 19.5 Å². The average Bonchev–Trinajstić information content (AvgIpc) is 2.74. The highest BCUT2D eigenvalue weighted by atomic mass is 31.2. The summed E-state index contributed by atoms with van der Waals surface area (Å²) in [5.74, 6) is -1.20. The number of carbonyl (C=O) groups excluding carboxylic acids is 2. The third-order valence-corrected chi connectivity index (χ3v) is 6.61. The minimum atomic E-state index is -3.93. The predicted molar refractivity (Wildman–Crippen MR) is 125 cm³/mol. The van der Waals surface area contributed by atoms with Crippen LogP contribution in [0.5, 0.6) is 11.5 Å². The minimum Gasteiger partial charge on any atom is -0.422 e. The molecule has 172 valence electrons. The summed E-state index contributed by atoms with van der Waals surface area (Å²) >= 11 is 0. The number of fused-ring (bicyclic) bond motifs is 1. The first kappa shape index (κ1) is 25.5. The predicted octanol–water partition coefficient (Wildman–Crippen LogP) is 5.26. The number of ether oxygens (including phenoxy) is 2. The van der Waals surface area contributed by atoms with E-state index in [4.69, 9.17) is 18.5 Å². The van der Waals surface area contributed by atoms with Crippen LogP contribution < -0.4 is 14.8 Å². The molecule has 7 nitrogen and oxygen atoms in total. The van der Waals surface area contributed by atoms with Gasteiger partial charge in [-0.25, -0.2) is 9.59 Å². The summed E-state index contributed by atoms with van der Waals surface area (Å²) in [6.45, 7) is 15.7. The lowest BCUT2D eigenvalue weighted by molar-refractivity contribution is -0.131. The van der Waals surface area contributed by atoms with Crippen molar-refractivity contribution in [2.75, 3.05) is 13.2 Å². The van der Waals surface area contributed by atoms with Crippen LogP contribution in [0.2, 0.25) is 0 Å². The lowest BCUT2D eigenvalue weighted by atomic mass is 10.0. The molecule has 2 aromatic rings. The summed E-state index contributed by atoms with van der Waals surface area (Å²) in [4.78, 5) is 24.8. The van der Waals surface area contributed by atoms with Crippen molar-refractivity contribution in [3.63, 3.8) is 0 Å². The summed E-state index contributed by atoms with van der Waals surface area (Å²) in [5.41, 5.74) is 1.32. The molecule has 0 aliphatic heterocycles. The number of carbonyl (C=O) groups is 2. The smallest absolute Gasteiger partial charge is 0.365 e. The van der Waals surface area contributed by atoms with Crippen molar-refractivity contribution in [2.45, 2.75) is 41.0 Å². The van der Waals surface area contributed by atoms with Gasteiger partial charge in [0.1, 0.15) is 11.1 Å². The zero-order chi connectivity index (χ0) is 24.1. The fourth-order valence-electron chi connectivity index (χ4n) is 2.90. The van der Waals surface area contributed by atoms with E-state index in [-0.39, 0.29) is 41.2 Å². The lowest BCUT2D eigenvalue weighted by Gasteiger charge is -2.22. The molecule has 0 atom stereocenters. The Morgan fingerprint density at radius 2 is 1.44 bits per heavy atom. The molecule has 0 N–H and O–H groups in total. The van der Waals surface area contributed by atoms with Crippen LogP contribution in [0.4, 0.5) is 0 Å². The van der Waals surface area contributed by atoms with Crippen molar-refractivity contribution >= 4 is 35.6 Å². The summed E-state index contributed by atoms with van der Waals surface area (Å²) in [7, 11) is -3.93. The van der Waals surface area contributed by atoms with Crippen molar-refractivity contribution in [3.8, 4) is 11.5 Å². The van der Waals surface area contributed by atoms with Gasteiger partial charge in [-0.2, -0.15) is 0 Å². The summed E-state index contributed by atoms with van der Waals surface area (Å²) < 4.78 is 35.9. The van der Waals surface area contributed by atoms with Crippen molar-refractivity contribution in [1.82, 2.24) is 0 Å². The van der Waals surface area contributed by atoms with Gasteiger partial charge in [0.25, 0.3) is 0 Å². The molecule has 0 aliphatic carbocycles. The Hall–Kier alpha value is -2.73. The van der Waals surface area contributed by atoms with Crippen molar-refractivity contribution in [2.24, 2.45) is 0 Å². The molecular weight excluding hydrogens is 431 g/mol. The van der Waals surface area contributed by atoms with E-state index in [1.54, 1.807) is 19.9 Å². The third kappa shape index (κ3) is 5.54. The Bertz CT molecular complexity index is 1110. The normalized spacial score (nSPS) is 11.3. The van der Waals surface area contributed by atoms with Gasteiger partial charge in [0, 0.05) is 28.0 Å². The van der Waals surface area contributed by atoms with Gasteiger partial charge in [-0.15, -0.1) is 0 Å². The average molecular weight is 460 g/mol. The van der Waals surface area contributed by atoms with Gasteiger partial charge in [-0.3, -0.25) is 4.57 Å². The summed E-state index contributed by atoms with van der Waals surface area (Å²) in [6, 6.07) is 6.76. The van der Waals surface area contributed by atoms with E-state index >= 15 is 0 Å². The summed E-state index contributed by atoms with van der Waals surface area (Å²) in [5, 5.41) is 0.905. The zero-order valence-corrected chi connectivity index (χ0v) is 20.0. The number of hydrogen-bond donors (Lipinski definition) is 0. The van der Waals surface area contributed by atoms with Gasteiger partial charge in [0.05, 0.1) is 13.2 Å². The van der Waals surface area contributed by atoms with E-state index in [1.165, 1.54) is 19.9 Å². The number of benzene rings is 2. The highest BCUT2D eigenvalue weighted by molar-refractivity contribution is 7.62. The highest BCUT2D eigenvalue weighted by Gasteiger charge is 2.34. The van der Waals surface area contributed by atoms with E-state index < -0.39 is 19.5 Å². The Balaban J connectivity index is 2.95. The van der Waals surface area contributed by atoms with Crippen molar-refractivity contribution in [3.05, 3.63) is 54.1 Å². The third-order valence-electron chi connectivity index (χ3n) is 4.49. The Labute approximate surface area is 188 Å². The Morgan fingerprint density at radius 1 is 0.875 bits per heavy atom. The van der Waals surface area contributed by atoms with Gasteiger partial charge < -0.3 is 18.5 Å². The van der Waals surface area contributed by atoms with Crippen LogP contribution in [0.15, 0.2) is 48.6 Å². The molecule has 0 radical (unpaired) electrons. The molecule has 8 heteroatoms. The molecule has 0 aromatic heterocycles. The highest BCUT2D eigenvalue weighted by Crippen LogP contribution is 2.52. The maximum absolute atomic E-state index is 13.7.